The highest BCUT2D eigenvalue weighted by molar-refractivity contribution is 8.00. The number of anilines is 1. The Bertz CT molecular complexity index is 1060. The van der Waals surface area contributed by atoms with E-state index in [1.165, 1.54) is 0 Å². The molecule has 2 aromatic carbocycles. The number of esters is 1. The molecule has 1 N–H and O–H groups in total. The Balaban J connectivity index is 1.63. The Morgan fingerprint density at radius 1 is 1.17 bits per heavy atom. The van der Waals surface area contributed by atoms with Crippen molar-refractivity contribution < 1.29 is 19.1 Å². The van der Waals surface area contributed by atoms with Gasteiger partial charge in [-0.3, -0.25) is 9.59 Å². The summed E-state index contributed by atoms with van der Waals surface area (Å²) in [6.07, 6.45) is -0.321. The van der Waals surface area contributed by atoms with Gasteiger partial charge in [0.15, 0.2) is 4.34 Å². The molecule has 1 aromatic heterocycles. The maximum atomic E-state index is 12.1. The Hall–Kier alpha value is -2.58. The number of nitrogens with zero attached hydrogens (tertiary/aromatic N) is 1. The lowest BCUT2D eigenvalue weighted by molar-refractivity contribution is -0.155. The largest absolute Gasteiger partial charge is 0.496 e. The first kappa shape index (κ1) is 22.1. The number of rotatable bonds is 7. The molecular weight excluding hydrogens is 420 g/mol. The summed E-state index contributed by atoms with van der Waals surface area (Å²) in [5, 5.41) is 2.75. The fourth-order valence-electron chi connectivity index (χ4n) is 2.72. The van der Waals surface area contributed by atoms with Gasteiger partial charge in [0.2, 0.25) is 5.91 Å². The van der Waals surface area contributed by atoms with Gasteiger partial charge in [0.1, 0.15) is 17.8 Å². The predicted molar refractivity (Wildman–Crippen MR) is 121 cm³/mol. The molecule has 0 aliphatic rings. The van der Waals surface area contributed by atoms with Crippen LogP contribution in [0.3, 0.4) is 0 Å². The van der Waals surface area contributed by atoms with Crippen LogP contribution in [0.4, 0.5) is 5.69 Å². The van der Waals surface area contributed by atoms with Crippen molar-refractivity contribution in [2.75, 3.05) is 12.4 Å². The van der Waals surface area contributed by atoms with Crippen LogP contribution in [0.25, 0.3) is 10.2 Å². The molecule has 30 heavy (non-hydrogen) atoms. The number of benzene rings is 2. The first-order valence-electron chi connectivity index (χ1n) is 9.40. The number of ether oxygens (including phenoxy) is 2. The van der Waals surface area contributed by atoms with E-state index in [4.69, 9.17) is 9.47 Å². The molecule has 1 amide bonds. The third kappa shape index (κ3) is 6.21. The van der Waals surface area contributed by atoms with Crippen LogP contribution in [-0.4, -0.2) is 29.6 Å². The summed E-state index contributed by atoms with van der Waals surface area (Å²) >= 11 is 3.20. The fraction of sp³-hybridized carbons (Fsp3) is 0.318. The third-order valence-corrected chi connectivity index (χ3v) is 6.13. The van der Waals surface area contributed by atoms with Crippen LogP contribution in [0.1, 0.15) is 32.8 Å². The third-order valence-electron chi connectivity index (χ3n) is 3.92. The van der Waals surface area contributed by atoms with Crippen molar-refractivity contribution in [1.29, 1.82) is 0 Å². The number of hydrogen-bond donors (Lipinski definition) is 1. The summed E-state index contributed by atoms with van der Waals surface area (Å²) in [6, 6.07) is 13.4. The van der Waals surface area contributed by atoms with Crippen molar-refractivity contribution in [1.82, 2.24) is 4.98 Å². The van der Waals surface area contributed by atoms with E-state index < -0.39 is 17.5 Å². The molecule has 3 aromatic rings. The molecule has 8 heteroatoms. The molecule has 158 valence electrons. The number of aromatic nitrogens is 1. The smallest absolute Gasteiger partial charge is 0.315 e. The Labute approximate surface area is 184 Å². The highest BCUT2D eigenvalue weighted by Gasteiger charge is 2.19. The van der Waals surface area contributed by atoms with E-state index in [-0.39, 0.29) is 6.42 Å². The van der Waals surface area contributed by atoms with Gasteiger partial charge in [0, 0.05) is 17.0 Å². The summed E-state index contributed by atoms with van der Waals surface area (Å²) in [6.45, 7) is 5.30. The number of carbonyl (C=O) groups excluding carboxylic acids is 2. The lowest BCUT2D eigenvalue weighted by atomic mass is 10.2. The van der Waals surface area contributed by atoms with E-state index in [0.717, 1.165) is 31.6 Å². The molecule has 0 fully saturated rings. The number of nitrogens with one attached hydrogen (secondary N) is 1. The second-order valence-electron chi connectivity index (χ2n) is 7.57. The molecule has 1 heterocycles. The van der Waals surface area contributed by atoms with E-state index in [1.807, 2.05) is 36.4 Å². The first-order chi connectivity index (χ1) is 14.2. The molecule has 0 saturated carbocycles. The number of para-hydroxylation sites is 1. The zero-order valence-corrected chi connectivity index (χ0v) is 19.0. The quantitative estimate of drug-likeness (QED) is 0.304. The monoisotopic (exact) mass is 444 g/mol. The molecule has 6 nitrogen and oxygen atoms in total. The van der Waals surface area contributed by atoms with Crippen molar-refractivity contribution >= 4 is 50.9 Å². The second kappa shape index (κ2) is 9.49. The summed E-state index contributed by atoms with van der Waals surface area (Å²) in [7, 11) is 1.67. The summed E-state index contributed by atoms with van der Waals surface area (Å²) in [4.78, 5) is 28.6. The van der Waals surface area contributed by atoms with Crippen LogP contribution in [0.5, 0.6) is 5.75 Å². The first-order valence-corrected chi connectivity index (χ1v) is 11.2. The zero-order chi connectivity index (χ0) is 21.7. The highest BCUT2D eigenvalue weighted by Crippen LogP contribution is 2.34. The molecule has 0 radical (unpaired) electrons. The molecule has 0 saturated heterocycles. The number of thioether (sulfide) groups is 1. The topological polar surface area (TPSA) is 77.5 Å². The van der Waals surface area contributed by atoms with Gasteiger partial charge in [0.25, 0.3) is 0 Å². The molecular formula is C22H24N2O4S2. The molecule has 0 atom stereocenters. The van der Waals surface area contributed by atoms with Crippen LogP contribution in [-0.2, 0) is 20.1 Å². The Kier molecular flexibility index (Phi) is 6.99. The van der Waals surface area contributed by atoms with Gasteiger partial charge in [-0.15, -0.1) is 11.3 Å². The average molecular weight is 445 g/mol. The molecule has 0 spiro atoms. The van der Waals surface area contributed by atoms with E-state index in [2.05, 4.69) is 10.3 Å². The van der Waals surface area contributed by atoms with E-state index >= 15 is 0 Å². The van der Waals surface area contributed by atoms with Crippen LogP contribution >= 0.6 is 23.1 Å². The maximum Gasteiger partial charge on any atom is 0.315 e. The minimum atomic E-state index is -0.614. The lowest BCUT2D eigenvalue weighted by Crippen LogP contribution is -2.27. The molecule has 0 aliphatic heterocycles. The van der Waals surface area contributed by atoms with Gasteiger partial charge >= 0.3 is 5.97 Å². The van der Waals surface area contributed by atoms with Gasteiger partial charge in [-0.2, -0.15) is 0 Å². The van der Waals surface area contributed by atoms with Gasteiger partial charge in [-0.25, -0.2) is 4.98 Å². The molecule has 0 unspecified atom stereocenters. The van der Waals surface area contributed by atoms with Crippen molar-refractivity contribution in [3.63, 3.8) is 0 Å². The number of hydrogen-bond acceptors (Lipinski definition) is 7. The van der Waals surface area contributed by atoms with Gasteiger partial charge in [-0.1, -0.05) is 30.0 Å². The summed E-state index contributed by atoms with van der Waals surface area (Å²) in [5.74, 6) is 0.664. The van der Waals surface area contributed by atoms with Gasteiger partial charge in [0.05, 0.1) is 17.3 Å². The Morgan fingerprint density at radius 2 is 1.93 bits per heavy atom. The number of methoxy groups -OCH3 is 1. The summed E-state index contributed by atoms with van der Waals surface area (Å²) in [5.41, 5.74) is 1.99. The zero-order valence-electron chi connectivity index (χ0n) is 17.4. The van der Waals surface area contributed by atoms with Crippen LogP contribution < -0.4 is 10.1 Å². The van der Waals surface area contributed by atoms with Crippen molar-refractivity contribution in [3.8, 4) is 5.75 Å². The average Bonchev–Trinajstić information content (AvgIpc) is 3.07. The normalized spacial score (nSPS) is 11.3. The number of thiazole rings is 1. The fourth-order valence-corrected chi connectivity index (χ4v) is 4.82. The SMILES string of the molecule is COc1ccccc1CSc1nc2ccc(NC(=O)CC(=O)OC(C)(C)C)cc2s1. The van der Waals surface area contributed by atoms with E-state index in [1.54, 1.807) is 57.0 Å². The van der Waals surface area contributed by atoms with Crippen LogP contribution in [0, 0.1) is 0 Å². The Morgan fingerprint density at radius 3 is 2.67 bits per heavy atom. The second-order valence-corrected chi connectivity index (χ2v) is 9.83. The number of amides is 1. The summed E-state index contributed by atoms with van der Waals surface area (Å²) < 4.78 is 12.5. The predicted octanol–water partition coefficient (Wildman–Crippen LogP) is 5.27. The number of carbonyl (C=O) groups is 2. The minimum absolute atomic E-state index is 0.321. The highest BCUT2D eigenvalue weighted by atomic mass is 32.2. The van der Waals surface area contributed by atoms with Crippen molar-refractivity contribution in [2.45, 2.75) is 42.9 Å². The van der Waals surface area contributed by atoms with E-state index in [9.17, 15) is 9.59 Å². The van der Waals surface area contributed by atoms with Crippen molar-refractivity contribution in [2.24, 2.45) is 0 Å². The minimum Gasteiger partial charge on any atom is -0.496 e. The van der Waals surface area contributed by atoms with Crippen LogP contribution in [0.15, 0.2) is 46.8 Å². The number of fused-ring (bicyclic) bond motifs is 1. The lowest BCUT2D eigenvalue weighted by Gasteiger charge is -2.19. The molecule has 0 aliphatic carbocycles. The standard InChI is InChI=1S/C22H24N2O4S2/c1-22(2,3)28-20(26)12-19(25)23-15-9-10-16-18(11-15)30-21(24-16)29-13-14-7-5-6-8-17(14)27-4/h5-11H,12-13H2,1-4H3,(H,23,25). The van der Waals surface area contributed by atoms with Gasteiger partial charge < -0.3 is 14.8 Å². The van der Waals surface area contributed by atoms with E-state index in [0.29, 0.717) is 5.69 Å². The van der Waals surface area contributed by atoms with Gasteiger partial charge in [-0.05, 0) is 45.0 Å². The maximum absolute atomic E-state index is 12.1. The van der Waals surface area contributed by atoms with Crippen LogP contribution in [0.2, 0.25) is 0 Å². The van der Waals surface area contributed by atoms with Crippen molar-refractivity contribution in [3.05, 3.63) is 48.0 Å². The molecule has 3 rings (SSSR count). The molecule has 0 bridgehead atoms.